The van der Waals surface area contributed by atoms with Gasteiger partial charge in [0.25, 0.3) is 0 Å². The van der Waals surface area contributed by atoms with Crippen molar-refractivity contribution in [3.05, 3.63) is 6.07 Å². The van der Waals surface area contributed by atoms with Crippen LogP contribution in [-0.4, -0.2) is 12.0 Å². The van der Waals surface area contributed by atoms with Gasteiger partial charge in [-0.3, -0.25) is 0 Å². The smallest absolute Gasteiger partial charge is 0.241 e. The van der Waals surface area contributed by atoms with Crippen LogP contribution in [0.15, 0.2) is 10.5 Å². The van der Waals surface area contributed by atoms with Gasteiger partial charge in [-0.05, 0) is 0 Å². The van der Waals surface area contributed by atoms with Crippen molar-refractivity contribution in [3.8, 4) is 0 Å². The fraction of sp³-hybridized carbons (Fsp3) is 0.167. The number of fused-ring (bicyclic) bond motifs is 1. The average Bonchev–Trinajstić information content (AvgIpc) is 2.43. The summed E-state index contributed by atoms with van der Waals surface area (Å²) in [7, 11) is 1.82. The highest BCUT2D eigenvalue weighted by Crippen LogP contribution is 2.29. The highest BCUT2D eigenvalue weighted by atomic mass is 32.1. The fourth-order valence-corrected chi connectivity index (χ4v) is 1.65. The number of rotatable bonds is 1. The Bertz CT molecular complexity index is 346. The van der Waals surface area contributed by atoms with E-state index in [9.17, 15) is 0 Å². The molecule has 2 heterocycles. The molecule has 2 aromatic heterocycles. The summed E-state index contributed by atoms with van der Waals surface area (Å²) in [6.07, 6.45) is 0. The Balaban J connectivity index is 2.64. The number of hydrogen-bond acceptors (Lipinski definition) is 5. The van der Waals surface area contributed by atoms with E-state index in [0.29, 0.717) is 11.6 Å². The summed E-state index contributed by atoms with van der Waals surface area (Å²) in [4.78, 5) is 4.11. The summed E-state index contributed by atoms with van der Waals surface area (Å²) in [5.41, 5.74) is 6.01. The molecule has 0 aliphatic heterocycles. The van der Waals surface area contributed by atoms with E-state index < -0.39 is 0 Å². The van der Waals surface area contributed by atoms with Gasteiger partial charge >= 0.3 is 0 Å². The molecule has 0 fully saturated rings. The minimum Gasteiger partial charge on any atom is -0.422 e. The molecule has 3 N–H and O–H groups in total. The first kappa shape index (κ1) is 6.48. The second-order valence-corrected chi connectivity index (χ2v) is 3.12. The average molecular weight is 169 g/mol. The summed E-state index contributed by atoms with van der Waals surface area (Å²) in [5.74, 6) is 0.418. The lowest BCUT2D eigenvalue weighted by Gasteiger charge is -1.85. The quantitative estimate of drug-likeness (QED) is 0.679. The largest absolute Gasteiger partial charge is 0.422 e. The molecular weight excluding hydrogens is 162 g/mol. The van der Waals surface area contributed by atoms with E-state index in [1.54, 1.807) is 6.07 Å². The zero-order valence-corrected chi connectivity index (χ0v) is 6.73. The summed E-state index contributed by atoms with van der Waals surface area (Å²) in [5, 5.41) is 3.77. The van der Waals surface area contributed by atoms with E-state index in [1.165, 1.54) is 11.3 Å². The topological polar surface area (TPSA) is 64.1 Å². The van der Waals surface area contributed by atoms with Gasteiger partial charge in [-0.2, -0.15) is 4.98 Å². The van der Waals surface area contributed by atoms with Gasteiger partial charge in [-0.15, -0.1) is 0 Å². The van der Waals surface area contributed by atoms with Crippen molar-refractivity contribution in [2.24, 2.45) is 0 Å². The van der Waals surface area contributed by atoms with Crippen molar-refractivity contribution in [1.29, 1.82) is 0 Å². The minimum absolute atomic E-state index is 0.418. The monoisotopic (exact) mass is 169 g/mol. The van der Waals surface area contributed by atoms with E-state index in [-0.39, 0.29) is 0 Å². The molecule has 58 valence electrons. The SMILES string of the molecule is CNc1nc2oc(N)cc2s1. The van der Waals surface area contributed by atoms with E-state index in [4.69, 9.17) is 10.2 Å². The first-order valence-electron chi connectivity index (χ1n) is 3.13. The van der Waals surface area contributed by atoms with Crippen LogP contribution in [0.5, 0.6) is 0 Å². The van der Waals surface area contributed by atoms with Gasteiger partial charge in [0, 0.05) is 13.1 Å². The molecular formula is C6H7N3OS. The number of furan rings is 1. The molecule has 0 amide bonds. The molecule has 5 heteroatoms. The Morgan fingerprint density at radius 2 is 2.55 bits per heavy atom. The van der Waals surface area contributed by atoms with Crippen LogP contribution in [0.2, 0.25) is 0 Å². The zero-order valence-electron chi connectivity index (χ0n) is 5.92. The number of nitrogens with one attached hydrogen (secondary N) is 1. The van der Waals surface area contributed by atoms with Crippen LogP contribution in [0.4, 0.5) is 11.0 Å². The van der Waals surface area contributed by atoms with Gasteiger partial charge < -0.3 is 15.5 Å². The number of aromatic nitrogens is 1. The lowest BCUT2D eigenvalue weighted by Crippen LogP contribution is -1.84. The molecule has 4 nitrogen and oxygen atoms in total. The highest BCUT2D eigenvalue weighted by Gasteiger charge is 2.06. The second-order valence-electron chi connectivity index (χ2n) is 2.09. The molecule has 0 spiro atoms. The van der Waals surface area contributed by atoms with Gasteiger partial charge in [0.1, 0.15) is 0 Å². The van der Waals surface area contributed by atoms with E-state index >= 15 is 0 Å². The number of hydrogen-bond donors (Lipinski definition) is 2. The fourth-order valence-electron chi connectivity index (χ4n) is 0.860. The molecule has 0 bridgehead atoms. The van der Waals surface area contributed by atoms with Gasteiger partial charge in [0.05, 0.1) is 4.70 Å². The van der Waals surface area contributed by atoms with Gasteiger partial charge in [0.15, 0.2) is 11.0 Å². The lowest BCUT2D eigenvalue weighted by atomic mass is 10.6. The second kappa shape index (κ2) is 2.13. The highest BCUT2D eigenvalue weighted by molar-refractivity contribution is 7.22. The molecule has 0 unspecified atom stereocenters. The summed E-state index contributed by atoms with van der Waals surface area (Å²) in [6.45, 7) is 0. The Labute approximate surface area is 67.0 Å². The van der Waals surface area contributed by atoms with Crippen molar-refractivity contribution in [2.45, 2.75) is 0 Å². The van der Waals surface area contributed by atoms with Crippen LogP contribution >= 0.6 is 11.3 Å². The molecule has 11 heavy (non-hydrogen) atoms. The molecule has 0 saturated heterocycles. The molecule has 0 radical (unpaired) electrons. The van der Waals surface area contributed by atoms with Crippen LogP contribution in [0, 0.1) is 0 Å². The third-order valence-electron chi connectivity index (χ3n) is 1.32. The Hall–Kier alpha value is -1.23. The predicted octanol–water partition coefficient (Wildman–Crippen LogP) is 1.51. The van der Waals surface area contributed by atoms with Crippen LogP contribution in [0.3, 0.4) is 0 Å². The van der Waals surface area contributed by atoms with Gasteiger partial charge in [-0.1, -0.05) is 11.3 Å². The Morgan fingerprint density at radius 3 is 3.18 bits per heavy atom. The third kappa shape index (κ3) is 0.932. The molecule has 0 saturated carbocycles. The summed E-state index contributed by atoms with van der Waals surface area (Å²) >= 11 is 1.52. The molecule has 0 atom stereocenters. The number of thiazole rings is 1. The first-order chi connectivity index (χ1) is 5.29. The Kier molecular flexibility index (Phi) is 1.25. The van der Waals surface area contributed by atoms with Crippen LogP contribution in [0.25, 0.3) is 10.4 Å². The number of nitrogens with zero attached hydrogens (tertiary/aromatic N) is 1. The number of nitrogen functional groups attached to an aromatic ring is 1. The van der Waals surface area contributed by atoms with Crippen molar-refractivity contribution < 1.29 is 4.42 Å². The van der Waals surface area contributed by atoms with Crippen LogP contribution in [0.1, 0.15) is 0 Å². The third-order valence-corrected chi connectivity index (χ3v) is 2.32. The maximum atomic E-state index is 5.41. The summed E-state index contributed by atoms with van der Waals surface area (Å²) < 4.78 is 6.07. The van der Waals surface area contributed by atoms with E-state index in [0.717, 1.165) is 9.83 Å². The van der Waals surface area contributed by atoms with Crippen molar-refractivity contribution in [2.75, 3.05) is 18.1 Å². The van der Waals surface area contributed by atoms with E-state index in [1.807, 2.05) is 7.05 Å². The van der Waals surface area contributed by atoms with Crippen molar-refractivity contribution >= 4 is 32.8 Å². The van der Waals surface area contributed by atoms with Crippen molar-refractivity contribution in [1.82, 2.24) is 4.98 Å². The molecule has 2 rings (SSSR count). The zero-order chi connectivity index (χ0) is 7.84. The number of nitrogens with two attached hydrogens (primary N) is 1. The normalized spacial score (nSPS) is 10.6. The van der Waals surface area contributed by atoms with Crippen molar-refractivity contribution in [3.63, 3.8) is 0 Å². The predicted molar refractivity (Wildman–Crippen MR) is 45.8 cm³/mol. The van der Waals surface area contributed by atoms with Crippen LogP contribution < -0.4 is 11.1 Å². The summed E-state index contributed by atoms with van der Waals surface area (Å²) in [6, 6.07) is 1.77. The standard InChI is InChI=1S/C6H7N3OS/c1-8-6-9-5-3(11-6)2-4(7)10-5/h2H,7H2,1H3,(H,8,9). The maximum absolute atomic E-state index is 5.41. The first-order valence-corrected chi connectivity index (χ1v) is 3.95. The molecule has 2 aromatic rings. The molecule has 0 aromatic carbocycles. The van der Waals surface area contributed by atoms with Gasteiger partial charge in [-0.25, -0.2) is 0 Å². The Morgan fingerprint density at radius 1 is 1.73 bits per heavy atom. The maximum Gasteiger partial charge on any atom is 0.241 e. The van der Waals surface area contributed by atoms with Crippen LogP contribution in [-0.2, 0) is 0 Å². The van der Waals surface area contributed by atoms with E-state index in [2.05, 4.69) is 10.3 Å². The molecule has 0 aliphatic rings. The number of anilines is 2. The lowest BCUT2D eigenvalue weighted by molar-refractivity contribution is 0.626. The van der Waals surface area contributed by atoms with Gasteiger partial charge in [0.2, 0.25) is 5.71 Å². The minimum atomic E-state index is 0.418. The molecule has 0 aliphatic carbocycles.